The Hall–Kier alpha value is -3.64. The molecule has 158 valence electrons. The van der Waals surface area contributed by atoms with Crippen molar-refractivity contribution in [3.05, 3.63) is 89.2 Å². The molecule has 0 atom stereocenters. The fourth-order valence-corrected chi connectivity index (χ4v) is 5.26. The van der Waals surface area contributed by atoms with Gasteiger partial charge in [-0.25, -0.2) is 9.18 Å². The van der Waals surface area contributed by atoms with Gasteiger partial charge in [0.25, 0.3) is 0 Å². The number of carbonyl (C=O) groups excluding carboxylic acids is 1. The lowest BCUT2D eigenvalue weighted by atomic mass is 9.94. The second-order valence-corrected chi connectivity index (χ2v) is 9.10. The van der Waals surface area contributed by atoms with Gasteiger partial charge in [0.05, 0.1) is 5.69 Å². The SMILES string of the molecule is O=C(Nc1c[nH]c2ccc(F)cc12)N1CCc2cc(-c3ccc4ccsc4c3)ccc2C1. The number of anilines is 1. The Balaban J connectivity index is 1.21. The maximum absolute atomic E-state index is 13.6. The van der Waals surface area contributed by atoms with Crippen LogP contribution in [-0.2, 0) is 13.0 Å². The molecule has 0 spiro atoms. The lowest BCUT2D eigenvalue weighted by Gasteiger charge is -2.29. The van der Waals surface area contributed by atoms with E-state index in [1.807, 2.05) is 0 Å². The van der Waals surface area contributed by atoms with E-state index in [1.54, 1.807) is 28.5 Å². The molecule has 3 aromatic carbocycles. The molecule has 2 amide bonds. The van der Waals surface area contributed by atoms with Crippen molar-refractivity contribution >= 4 is 44.0 Å². The summed E-state index contributed by atoms with van der Waals surface area (Å²) >= 11 is 1.76. The molecule has 0 saturated heterocycles. The standard InChI is InChI=1S/C26H20FN3OS/c27-21-5-6-23-22(13-21)24(14-28-23)29-26(31)30-9-7-19-11-17(3-4-20(19)15-30)18-2-1-16-8-10-32-25(16)12-18/h1-6,8,10-14,28H,7,9,15H2,(H,29,31). The zero-order valence-corrected chi connectivity index (χ0v) is 18.0. The molecular weight excluding hydrogens is 421 g/mol. The number of nitrogens with zero attached hydrogens (tertiary/aromatic N) is 1. The summed E-state index contributed by atoms with van der Waals surface area (Å²) in [4.78, 5) is 17.8. The van der Waals surface area contributed by atoms with Crippen LogP contribution in [0.4, 0.5) is 14.9 Å². The van der Waals surface area contributed by atoms with E-state index in [-0.39, 0.29) is 11.8 Å². The van der Waals surface area contributed by atoms with Gasteiger partial charge in [-0.05, 0) is 69.8 Å². The molecule has 32 heavy (non-hydrogen) atoms. The number of H-pyrrole nitrogens is 1. The summed E-state index contributed by atoms with van der Waals surface area (Å²) in [5, 5.41) is 7.00. The molecule has 2 aromatic heterocycles. The van der Waals surface area contributed by atoms with E-state index in [4.69, 9.17) is 0 Å². The normalized spacial score (nSPS) is 13.5. The van der Waals surface area contributed by atoms with Gasteiger partial charge < -0.3 is 15.2 Å². The number of aromatic amines is 1. The lowest BCUT2D eigenvalue weighted by molar-refractivity contribution is 0.206. The van der Waals surface area contributed by atoms with Crippen molar-refractivity contribution in [2.75, 3.05) is 11.9 Å². The molecule has 1 aliphatic heterocycles. The molecule has 0 unspecified atom stereocenters. The molecule has 0 fully saturated rings. The molecule has 3 heterocycles. The Kier molecular flexibility index (Phi) is 4.47. The number of urea groups is 1. The van der Waals surface area contributed by atoms with Crippen LogP contribution >= 0.6 is 11.3 Å². The Labute approximate surface area is 188 Å². The number of benzene rings is 3. The highest BCUT2D eigenvalue weighted by molar-refractivity contribution is 7.17. The van der Waals surface area contributed by atoms with Gasteiger partial charge in [-0.3, -0.25) is 0 Å². The van der Waals surface area contributed by atoms with Crippen LogP contribution in [-0.4, -0.2) is 22.5 Å². The average Bonchev–Trinajstić information content (AvgIpc) is 3.44. The van der Waals surface area contributed by atoms with Crippen LogP contribution in [0.2, 0.25) is 0 Å². The second kappa shape index (κ2) is 7.50. The first kappa shape index (κ1) is 19.1. The first-order chi connectivity index (χ1) is 15.6. The van der Waals surface area contributed by atoms with Crippen molar-refractivity contribution < 1.29 is 9.18 Å². The van der Waals surface area contributed by atoms with Crippen molar-refractivity contribution in [1.29, 1.82) is 0 Å². The number of nitrogens with one attached hydrogen (secondary N) is 2. The van der Waals surface area contributed by atoms with E-state index in [0.717, 1.165) is 17.5 Å². The number of rotatable bonds is 2. The Morgan fingerprint density at radius 1 is 1.00 bits per heavy atom. The topological polar surface area (TPSA) is 48.1 Å². The molecule has 0 bridgehead atoms. The highest BCUT2D eigenvalue weighted by Crippen LogP contribution is 2.31. The third-order valence-corrected chi connectivity index (χ3v) is 7.06. The third-order valence-electron chi connectivity index (χ3n) is 6.18. The van der Waals surface area contributed by atoms with Gasteiger partial charge >= 0.3 is 6.03 Å². The zero-order valence-electron chi connectivity index (χ0n) is 17.2. The van der Waals surface area contributed by atoms with Gasteiger partial charge in [0.1, 0.15) is 5.82 Å². The number of halogens is 1. The number of fused-ring (bicyclic) bond motifs is 3. The van der Waals surface area contributed by atoms with Crippen LogP contribution in [0.15, 0.2) is 72.2 Å². The number of hydrogen-bond donors (Lipinski definition) is 2. The molecule has 0 saturated carbocycles. The minimum atomic E-state index is -0.325. The maximum Gasteiger partial charge on any atom is 0.322 e. The monoisotopic (exact) mass is 441 g/mol. The van der Waals surface area contributed by atoms with Crippen molar-refractivity contribution in [3.63, 3.8) is 0 Å². The van der Waals surface area contributed by atoms with Crippen molar-refractivity contribution in [2.24, 2.45) is 0 Å². The van der Waals surface area contributed by atoms with Gasteiger partial charge in [-0.1, -0.05) is 30.3 Å². The quantitative estimate of drug-likeness (QED) is 0.312. The molecule has 4 nitrogen and oxygen atoms in total. The van der Waals surface area contributed by atoms with Gasteiger partial charge in [-0.15, -0.1) is 11.3 Å². The lowest BCUT2D eigenvalue weighted by Crippen LogP contribution is -2.38. The maximum atomic E-state index is 13.6. The fourth-order valence-electron chi connectivity index (χ4n) is 4.43. The summed E-state index contributed by atoms with van der Waals surface area (Å²) in [5.74, 6) is -0.325. The average molecular weight is 442 g/mol. The third kappa shape index (κ3) is 3.33. The van der Waals surface area contributed by atoms with Gasteiger partial charge in [-0.2, -0.15) is 0 Å². The number of hydrogen-bond acceptors (Lipinski definition) is 2. The molecule has 2 N–H and O–H groups in total. The summed E-state index contributed by atoms with van der Waals surface area (Å²) in [6, 6.07) is 19.6. The highest BCUT2D eigenvalue weighted by atomic mass is 32.1. The van der Waals surface area contributed by atoms with Crippen LogP contribution in [0.3, 0.4) is 0 Å². The molecule has 6 rings (SSSR count). The molecule has 6 heteroatoms. The van der Waals surface area contributed by atoms with Crippen LogP contribution in [0.25, 0.3) is 32.1 Å². The summed E-state index contributed by atoms with van der Waals surface area (Å²) in [7, 11) is 0. The van der Waals surface area contributed by atoms with Crippen LogP contribution in [0, 0.1) is 5.82 Å². The van der Waals surface area contributed by atoms with E-state index in [2.05, 4.69) is 58.1 Å². The summed E-state index contributed by atoms with van der Waals surface area (Å²) in [6.07, 6.45) is 2.51. The summed E-state index contributed by atoms with van der Waals surface area (Å²) < 4.78 is 14.9. The largest absolute Gasteiger partial charge is 0.359 e. The predicted octanol–water partition coefficient (Wildman–Crippen LogP) is 6.78. The molecule has 0 radical (unpaired) electrons. The van der Waals surface area contributed by atoms with E-state index in [1.165, 1.54) is 38.9 Å². The predicted molar refractivity (Wildman–Crippen MR) is 129 cm³/mol. The van der Waals surface area contributed by atoms with Gasteiger partial charge in [0, 0.05) is 34.9 Å². The van der Waals surface area contributed by atoms with Crippen LogP contribution < -0.4 is 5.32 Å². The van der Waals surface area contributed by atoms with Crippen LogP contribution in [0.5, 0.6) is 0 Å². The smallest absolute Gasteiger partial charge is 0.322 e. The van der Waals surface area contributed by atoms with Crippen LogP contribution in [0.1, 0.15) is 11.1 Å². The Bertz CT molecular complexity index is 1490. The second-order valence-electron chi connectivity index (χ2n) is 8.15. The molecule has 5 aromatic rings. The summed E-state index contributed by atoms with van der Waals surface area (Å²) in [5.41, 5.74) is 6.25. The van der Waals surface area contributed by atoms with Crippen molar-refractivity contribution in [1.82, 2.24) is 9.88 Å². The molecular formula is C26H20FN3OS. The van der Waals surface area contributed by atoms with Crippen molar-refractivity contribution in [3.8, 4) is 11.1 Å². The summed E-state index contributed by atoms with van der Waals surface area (Å²) in [6.45, 7) is 1.20. The van der Waals surface area contributed by atoms with E-state index >= 15 is 0 Å². The Morgan fingerprint density at radius 3 is 2.81 bits per heavy atom. The number of thiophene rings is 1. The molecule has 1 aliphatic rings. The first-order valence-electron chi connectivity index (χ1n) is 10.6. The molecule has 0 aliphatic carbocycles. The van der Waals surface area contributed by atoms with E-state index < -0.39 is 0 Å². The van der Waals surface area contributed by atoms with E-state index in [0.29, 0.717) is 24.2 Å². The zero-order chi connectivity index (χ0) is 21.7. The fraction of sp³-hybridized carbons (Fsp3) is 0.115. The van der Waals surface area contributed by atoms with Gasteiger partial charge in [0.15, 0.2) is 0 Å². The first-order valence-corrected chi connectivity index (χ1v) is 11.4. The minimum absolute atomic E-state index is 0.173. The van der Waals surface area contributed by atoms with Crippen molar-refractivity contribution in [2.45, 2.75) is 13.0 Å². The highest BCUT2D eigenvalue weighted by Gasteiger charge is 2.22. The number of carbonyl (C=O) groups is 1. The minimum Gasteiger partial charge on any atom is -0.359 e. The Morgan fingerprint density at radius 2 is 1.88 bits per heavy atom. The van der Waals surface area contributed by atoms with E-state index in [9.17, 15) is 9.18 Å². The number of amides is 2. The number of aromatic nitrogens is 1. The van der Waals surface area contributed by atoms with Gasteiger partial charge in [0.2, 0.25) is 0 Å².